The van der Waals surface area contributed by atoms with E-state index in [9.17, 15) is 29.7 Å². The summed E-state index contributed by atoms with van der Waals surface area (Å²) in [5.41, 5.74) is 3.19. The summed E-state index contributed by atoms with van der Waals surface area (Å²) >= 11 is 0. The van der Waals surface area contributed by atoms with Gasteiger partial charge in [0, 0.05) is 38.8 Å². The number of benzene rings is 2. The number of rotatable bonds is 20. The van der Waals surface area contributed by atoms with Crippen molar-refractivity contribution in [3.63, 3.8) is 0 Å². The molecule has 0 aliphatic rings. The molecule has 12 heteroatoms. The van der Waals surface area contributed by atoms with E-state index in [1.807, 2.05) is 24.3 Å². The number of carbonyl (C=O) groups is 3. The second kappa shape index (κ2) is 21.1. The van der Waals surface area contributed by atoms with Gasteiger partial charge in [0.15, 0.2) is 0 Å². The molecule has 0 fully saturated rings. The van der Waals surface area contributed by atoms with Gasteiger partial charge in [-0.15, -0.1) is 0 Å². The fourth-order valence-electron chi connectivity index (χ4n) is 4.22. The molecular weight excluding hydrogens is 558 g/mol. The van der Waals surface area contributed by atoms with Crippen molar-refractivity contribution < 1.29 is 44.2 Å². The highest BCUT2D eigenvalue weighted by Crippen LogP contribution is 2.22. The minimum atomic E-state index is -0.888. The molecule has 0 aliphatic carbocycles. The molecule has 43 heavy (non-hydrogen) atoms. The molecule has 0 unspecified atom stereocenters. The van der Waals surface area contributed by atoms with Crippen LogP contribution in [0.5, 0.6) is 5.75 Å². The van der Waals surface area contributed by atoms with Crippen LogP contribution in [0, 0.1) is 0 Å². The number of aromatic hydroxyl groups is 1. The third-order valence-corrected chi connectivity index (χ3v) is 6.58. The van der Waals surface area contributed by atoms with E-state index in [2.05, 4.69) is 25.7 Å². The van der Waals surface area contributed by atoms with E-state index in [0.29, 0.717) is 30.8 Å². The minimum absolute atomic E-state index is 0.0239. The Morgan fingerprint density at radius 2 is 1.58 bits per heavy atom. The van der Waals surface area contributed by atoms with Gasteiger partial charge in [-0.3, -0.25) is 0 Å². The summed E-state index contributed by atoms with van der Waals surface area (Å²) in [5, 5.41) is 37.5. The van der Waals surface area contributed by atoms with E-state index in [1.54, 1.807) is 12.1 Å². The van der Waals surface area contributed by atoms with Gasteiger partial charge < -0.3 is 36.0 Å². The van der Waals surface area contributed by atoms with Crippen molar-refractivity contribution >= 4 is 18.0 Å². The van der Waals surface area contributed by atoms with Crippen molar-refractivity contribution in [3.8, 4) is 5.75 Å². The Kier molecular flexibility index (Phi) is 17.4. The predicted octanol–water partition coefficient (Wildman–Crippen LogP) is 2.93. The van der Waals surface area contributed by atoms with Gasteiger partial charge in [-0.2, -0.15) is 0 Å². The lowest BCUT2D eigenvalue weighted by molar-refractivity contribution is -0.256. The molecule has 2 aromatic carbocycles. The minimum Gasteiger partial charge on any atom is -0.508 e. The summed E-state index contributed by atoms with van der Waals surface area (Å²) in [5.74, 6) is -1.63. The molecule has 0 spiro atoms. The van der Waals surface area contributed by atoms with Crippen LogP contribution in [-0.4, -0.2) is 66.1 Å². The van der Waals surface area contributed by atoms with Gasteiger partial charge in [-0.1, -0.05) is 43.2 Å². The molecule has 238 valence electrons. The SMILES string of the molecule is CC(=O)OOC(=O)CNC(=O)NCc1ccccc1CCCCOCCCCCCNC[C@H](O)c1ccc(O)c(CO)c1. The topological polar surface area (TPSA) is 176 Å². The Labute approximate surface area is 252 Å². The van der Waals surface area contributed by atoms with Gasteiger partial charge in [0.2, 0.25) is 0 Å². The van der Waals surface area contributed by atoms with E-state index >= 15 is 0 Å². The number of hydrogen-bond donors (Lipinski definition) is 6. The van der Waals surface area contributed by atoms with E-state index in [-0.39, 0.29) is 12.4 Å². The fourth-order valence-corrected chi connectivity index (χ4v) is 4.22. The summed E-state index contributed by atoms with van der Waals surface area (Å²) in [7, 11) is 0. The third-order valence-electron chi connectivity index (χ3n) is 6.58. The molecule has 1 atom stereocenters. The summed E-state index contributed by atoms with van der Waals surface area (Å²) in [6.07, 6.45) is 6.19. The smallest absolute Gasteiger partial charge is 0.374 e. The van der Waals surface area contributed by atoms with Crippen LogP contribution in [0.1, 0.15) is 73.8 Å². The number of aliphatic hydroxyl groups excluding tert-OH is 2. The van der Waals surface area contributed by atoms with Gasteiger partial charge in [-0.25, -0.2) is 24.2 Å². The third kappa shape index (κ3) is 15.4. The maximum atomic E-state index is 12.0. The number of aliphatic hydroxyl groups is 2. The maximum absolute atomic E-state index is 12.0. The highest BCUT2D eigenvalue weighted by Gasteiger charge is 2.11. The van der Waals surface area contributed by atoms with Crippen molar-refractivity contribution in [3.05, 3.63) is 64.7 Å². The van der Waals surface area contributed by atoms with Crippen molar-refractivity contribution in [1.82, 2.24) is 16.0 Å². The number of hydrogen-bond acceptors (Lipinski definition) is 10. The zero-order valence-corrected chi connectivity index (χ0v) is 24.8. The number of nitrogens with one attached hydrogen (secondary N) is 3. The Bertz CT molecular complexity index is 1130. The van der Waals surface area contributed by atoms with Gasteiger partial charge in [-0.05, 0) is 67.5 Å². The van der Waals surface area contributed by atoms with Crippen LogP contribution in [0.2, 0.25) is 0 Å². The number of ether oxygens (including phenoxy) is 1. The van der Waals surface area contributed by atoms with Crippen molar-refractivity contribution in [2.45, 2.75) is 71.1 Å². The van der Waals surface area contributed by atoms with Gasteiger partial charge in [0.05, 0.1) is 12.7 Å². The molecule has 0 aromatic heterocycles. The molecule has 2 rings (SSSR count). The highest BCUT2D eigenvalue weighted by molar-refractivity contribution is 5.80. The molecule has 6 N–H and O–H groups in total. The zero-order valence-electron chi connectivity index (χ0n) is 24.8. The zero-order chi connectivity index (χ0) is 31.3. The second-order valence-corrected chi connectivity index (χ2v) is 10.1. The lowest BCUT2D eigenvalue weighted by atomic mass is 10.0. The Balaban J connectivity index is 1.47. The van der Waals surface area contributed by atoms with Crippen LogP contribution in [0.25, 0.3) is 0 Å². The summed E-state index contributed by atoms with van der Waals surface area (Å²) < 4.78 is 5.78. The van der Waals surface area contributed by atoms with E-state index < -0.39 is 30.6 Å². The monoisotopic (exact) mass is 603 g/mol. The normalized spacial score (nSPS) is 11.5. The molecule has 0 bridgehead atoms. The molecule has 0 heterocycles. The summed E-state index contributed by atoms with van der Waals surface area (Å²) in [4.78, 5) is 42.3. The van der Waals surface area contributed by atoms with Crippen LogP contribution in [0.3, 0.4) is 0 Å². The molecular formula is C31H45N3O9. The Morgan fingerprint density at radius 3 is 2.33 bits per heavy atom. The standard InChI is InChI=1S/C31H45N3O9/c1-23(36)42-43-30(39)21-34-31(40)33-19-26-12-5-4-10-24(26)11-6-9-17-41-16-8-3-2-7-15-32-20-29(38)25-13-14-28(37)27(18-25)22-35/h4-5,10,12-14,18,29,32,35,37-38H,2-3,6-9,11,15-17,19-22H2,1H3,(H2,33,34,40)/t29-/m0/s1. The quantitative estimate of drug-likeness (QED) is 0.0750. The first-order valence-corrected chi connectivity index (χ1v) is 14.7. The maximum Gasteiger partial charge on any atom is 0.374 e. The first-order chi connectivity index (χ1) is 20.8. The molecule has 2 aromatic rings. The Morgan fingerprint density at radius 1 is 0.860 bits per heavy atom. The average molecular weight is 604 g/mol. The fraction of sp³-hybridized carbons (Fsp3) is 0.516. The van der Waals surface area contributed by atoms with Crippen molar-refractivity contribution in [1.29, 1.82) is 0 Å². The lowest BCUT2D eigenvalue weighted by Crippen LogP contribution is -2.38. The molecule has 0 aliphatic heterocycles. The van der Waals surface area contributed by atoms with Crippen molar-refractivity contribution in [2.75, 3.05) is 32.8 Å². The van der Waals surface area contributed by atoms with Crippen LogP contribution >= 0.6 is 0 Å². The van der Waals surface area contributed by atoms with E-state index in [4.69, 9.17) is 4.74 Å². The van der Waals surface area contributed by atoms with Crippen molar-refractivity contribution in [2.24, 2.45) is 0 Å². The average Bonchev–Trinajstić information content (AvgIpc) is 3.00. The second-order valence-electron chi connectivity index (χ2n) is 10.1. The van der Waals surface area contributed by atoms with Gasteiger partial charge in [0.1, 0.15) is 12.3 Å². The highest BCUT2D eigenvalue weighted by atomic mass is 17.2. The number of unbranched alkanes of at least 4 members (excludes halogenated alkanes) is 4. The number of aryl methyl sites for hydroxylation is 1. The molecule has 0 saturated carbocycles. The number of urea groups is 1. The van der Waals surface area contributed by atoms with Gasteiger partial charge in [0.25, 0.3) is 0 Å². The number of carbonyl (C=O) groups excluding carboxylic acids is 3. The van der Waals surface area contributed by atoms with Crippen LogP contribution in [0.15, 0.2) is 42.5 Å². The molecule has 0 radical (unpaired) electrons. The first-order valence-electron chi connectivity index (χ1n) is 14.7. The molecule has 2 amide bonds. The van der Waals surface area contributed by atoms with Crippen LogP contribution in [0.4, 0.5) is 4.79 Å². The number of phenols is 1. The Hall–Kier alpha value is -3.71. The molecule has 12 nitrogen and oxygen atoms in total. The summed E-state index contributed by atoms with van der Waals surface area (Å²) in [6.45, 7) is 3.33. The van der Waals surface area contributed by atoms with Gasteiger partial charge >= 0.3 is 18.0 Å². The lowest BCUT2D eigenvalue weighted by Gasteiger charge is -2.14. The van der Waals surface area contributed by atoms with Crippen LogP contribution < -0.4 is 16.0 Å². The predicted molar refractivity (Wildman–Crippen MR) is 159 cm³/mol. The summed E-state index contributed by atoms with van der Waals surface area (Å²) in [6, 6.07) is 12.1. The van der Waals surface area contributed by atoms with E-state index in [1.165, 1.54) is 6.07 Å². The van der Waals surface area contributed by atoms with Crippen LogP contribution in [-0.2, 0) is 43.7 Å². The molecule has 0 saturated heterocycles. The van der Waals surface area contributed by atoms with E-state index in [0.717, 1.165) is 76.1 Å². The first kappa shape index (κ1) is 35.5. The largest absolute Gasteiger partial charge is 0.508 e. The number of amides is 2.